The van der Waals surface area contributed by atoms with E-state index in [0.29, 0.717) is 23.7 Å². The van der Waals surface area contributed by atoms with E-state index in [-0.39, 0.29) is 12.5 Å². The van der Waals surface area contributed by atoms with Gasteiger partial charge in [0, 0.05) is 47.0 Å². The Morgan fingerprint density at radius 3 is 3.07 bits per heavy atom. The summed E-state index contributed by atoms with van der Waals surface area (Å²) in [5.74, 6) is 0.774. The number of rotatable bonds is 2. The largest absolute Gasteiger partial charge is 0.488 e. The number of hydrogen-bond acceptors (Lipinski definition) is 3. The summed E-state index contributed by atoms with van der Waals surface area (Å²) in [6.07, 6.45) is 8.61. The number of hydrogen-bond donors (Lipinski definition) is 1. The van der Waals surface area contributed by atoms with Crippen molar-refractivity contribution in [3.8, 4) is 5.75 Å². The molecule has 0 atom stereocenters. The van der Waals surface area contributed by atoms with E-state index < -0.39 is 0 Å². The predicted octanol–water partition coefficient (Wildman–Crippen LogP) is 4.31. The molecular weight excluding hydrogens is 374 g/mol. The minimum absolute atomic E-state index is 0.0153. The summed E-state index contributed by atoms with van der Waals surface area (Å²) in [6.45, 7) is 1.55. The Kier molecular flexibility index (Phi) is 4.17. The zero-order valence-electron chi connectivity index (χ0n) is 15.1. The molecule has 0 fully saturated rings. The first-order valence-electron chi connectivity index (χ1n) is 9.23. The van der Waals surface area contributed by atoms with Gasteiger partial charge in [0.05, 0.1) is 5.57 Å². The van der Waals surface area contributed by atoms with Crippen molar-refractivity contribution in [2.24, 2.45) is 0 Å². The highest BCUT2D eigenvalue weighted by Crippen LogP contribution is 2.31. The molecule has 3 aromatic rings. The fraction of sp³-hybridized carbons (Fsp3) is 0.182. The summed E-state index contributed by atoms with van der Waals surface area (Å²) in [4.78, 5) is 22.4. The molecule has 0 radical (unpaired) electrons. The summed E-state index contributed by atoms with van der Waals surface area (Å²) >= 11 is 6.06. The number of fused-ring (bicyclic) bond motifs is 2. The number of benzene rings is 1. The van der Waals surface area contributed by atoms with Gasteiger partial charge in [-0.15, -0.1) is 0 Å². The van der Waals surface area contributed by atoms with E-state index in [4.69, 9.17) is 16.3 Å². The number of carbonyl (C=O) groups excluding carboxylic acids is 1. The van der Waals surface area contributed by atoms with Crippen LogP contribution in [0.5, 0.6) is 5.75 Å². The normalized spacial score (nSPS) is 16.2. The Morgan fingerprint density at radius 2 is 2.21 bits per heavy atom. The summed E-state index contributed by atoms with van der Waals surface area (Å²) < 4.78 is 5.73. The number of nitrogens with zero attached hydrogens (tertiary/aromatic N) is 2. The topological polar surface area (TPSA) is 58.2 Å². The Hall–Kier alpha value is -3.05. The molecule has 0 saturated carbocycles. The van der Waals surface area contributed by atoms with Gasteiger partial charge in [-0.1, -0.05) is 17.7 Å². The maximum atomic E-state index is 13.0. The fourth-order valence-corrected chi connectivity index (χ4v) is 3.98. The van der Waals surface area contributed by atoms with Crippen LogP contribution in [0.1, 0.15) is 17.5 Å². The highest BCUT2D eigenvalue weighted by atomic mass is 35.5. The van der Waals surface area contributed by atoms with Gasteiger partial charge in [0.2, 0.25) is 0 Å². The summed E-state index contributed by atoms with van der Waals surface area (Å²) in [7, 11) is 0. The second-order valence-corrected chi connectivity index (χ2v) is 7.41. The third-order valence-electron chi connectivity index (χ3n) is 5.25. The van der Waals surface area contributed by atoms with Gasteiger partial charge in [0.15, 0.2) is 0 Å². The zero-order chi connectivity index (χ0) is 19.1. The average Bonchev–Trinajstić information content (AvgIpc) is 3.17. The SMILES string of the molecule is O=C(C1=Cc2cc(Cl)ccc2OC1)N1CC=C(c2c[nH]c3ncccc23)CC1. The number of pyridine rings is 1. The molecule has 0 spiro atoms. The quantitative estimate of drug-likeness (QED) is 0.708. The highest BCUT2D eigenvalue weighted by molar-refractivity contribution is 6.30. The first-order chi connectivity index (χ1) is 13.7. The maximum absolute atomic E-state index is 13.0. The van der Waals surface area contributed by atoms with Crippen LogP contribution in [0.3, 0.4) is 0 Å². The van der Waals surface area contributed by atoms with Gasteiger partial charge in [-0.25, -0.2) is 4.98 Å². The van der Waals surface area contributed by atoms with Crippen LogP contribution in [0.15, 0.2) is 54.4 Å². The Labute approximate surface area is 167 Å². The zero-order valence-corrected chi connectivity index (χ0v) is 15.9. The van der Waals surface area contributed by atoms with Crippen LogP contribution in [0.25, 0.3) is 22.7 Å². The molecule has 6 heteroatoms. The Morgan fingerprint density at radius 1 is 1.29 bits per heavy atom. The van der Waals surface area contributed by atoms with Crippen molar-refractivity contribution >= 4 is 40.2 Å². The number of ether oxygens (including phenoxy) is 1. The van der Waals surface area contributed by atoms with Gasteiger partial charge in [-0.3, -0.25) is 4.79 Å². The predicted molar refractivity (Wildman–Crippen MR) is 110 cm³/mol. The van der Waals surface area contributed by atoms with Gasteiger partial charge in [0.25, 0.3) is 5.91 Å². The van der Waals surface area contributed by atoms with Crippen molar-refractivity contribution in [3.63, 3.8) is 0 Å². The highest BCUT2D eigenvalue weighted by Gasteiger charge is 2.24. The molecule has 1 N–H and O–H groups in total. The third kappa shape index (κ3) is 2.98. The lowest BCUT2D eigenvalue weighted by atomic mass is 9.99. The first-order valence-corrected chi connectivity index (χ1v) is 9.60. The van der Waals surface area contributed by atoms with Gasteiger partial charge >= 0.3 is 0 Å². The second-order valence-electron chi connectivity index (χ2n) is 6.97. The minimum atomic E-state index is 0.0153. The lowest BCUT2D eigenvalue weighted by molar-refractivity contribution is -0.127. The number of amides is 1. The monoisotopic (exact) mass is 391 g/mol. The molecule has 28 heavy (non-hydrogen) atoms. The fourth-order valence-electron chi connectivity index (χ4n) is 3.79. The number of nitrogens with one attached hydrogen (secondary N) is 1. The molecule has 2 aromatic heterocycles. The van der Waals surface area contributed by atoms with Crippen LogP contribution in [-0.4, -0.2) is 40.5 Å². The van der Waals surface area contributed by atoms with Crippen LogP contribution in [0.2, 0.25) is 5.02 Å². The molecule has 0 aliphatic carbocycles. The molecule has 1 aromatic carbocycles. The molecule has 5 nitrogen and oxygen atoms in total. The van der Waals surface area contributed by atoms with Crippen molar-refractivity contribution < 1.29 is 9.53 Å². The number of carbonyl (C=O) groups is 1. The molecule has 5 rings (SSSR count). The van der Waals surface area contributed by atoms with E-state index >= 15 is 0 Å². The van der Waals surface area contributed by atoms with E-state index in [0.717, 1.165) is 28.8 Å². The van der Waals surface area contributed by atoms with Gasteiger partial charge in [0.1, 0.15) is 18.0 Å². The minimum Gasteiger partial charge on any atom is -0.488 e. The lowest BCUT2D eigenvalue weighted by Crippen LogP contribution is -2.37. The Balaban J connectivity index is 1.36. The van der Waals surface area contributed by atoms with E-state index in [1.807, 2.05) is 35.4 Å². The van der Waals surface area contributed by atoms with Crippen LogP contribution in [0, 0.1) is 0 Å². The molecule has 2 aliphatic heterocycles. The Bertz CT molecular complexity index is 1150. The van der Waals surface area contributed by atoms with Crippen molar-refractivity contribution in [2.45, 2.75) is 6.42 Å². The molecular formula is C22H18ClN3O2. The van der Waals surface area contributed by atoms with Crippen molar-refractivity contribution in [2.75, 3.05) is 19.7 Å². The summed E-state index contributed by atoms with van der Waals surface area (Å²) in [5, 5.41) is 1.75. The van der Waals surface area contributed by atoms with E-state index in [1.54, 1.807) is 12.3 Å². The van der Waals surface area contributed by atoms with Gasteiger partial charge < -0.3 is 14.6 Å². The van der Waals surface area contributed by atoms with Crippen LogP contribution in [-0.2, 0) is 4.79 Å². The van der Waals surface area contributed by atoms with Crippen molar-refractivity contribution in [3.05, 3.63) is 70.5 Å². The maximum Gasteiger partial charge on any atom is 0.253 e. The molecule has 0 bridgehead atoms. The second kappa shape index (κ2) is 6.84. The van der Waals surface area contributed by atoms with E-state index in [9.17, 15) is 4.79 Å². The molecule has 1 amide bonds. The van der Waals surface area contributed by atoms with Gasteiger partial charge in [-0.2, -0.15) is 0 Å². The number of halogens is 1. The van der Waals surface area contributed by atoms with Crippen LogP contribution in [0.4, 0.5) is 0 Å². The van der Waals surface area contributed by atoms with E-state index in [1.165, 1.54) is 11.1 Å². The molecule has 140 valence electrons. The lowest BCUT2D eigenvalue weighted by Gasteiger charge is -2.28. The molecule has 0 unspecified atom stereocenters. The molecule has 4 heterocycles. The van der Waals surface area contributed by atoms with Crippen molar-refractivity contribution in [1.29, 1.82) is 0 Å². The molecule has 0 saturated heterocycles. The van der Waals surface area contributed by atoms with Gasteiger partial charge in [-0.05, 0) is 48.4 Å². The number of H-pyrrole nitrogens is 1. The molecule has 2 aliphatic rings. The van der Waals surface area contributed by atoms with Crippen LogP contribution >= 0.6 is 11.6 Å². The smallest absolute Gasteiger partial charge is 0.253 e. The first kappa shape index (κ1) is 17.1. The number of aromatic amines is 1. The number of aromatic nitrogens is 2. The van der Waals surface area contributed by atoms with Crippen molar-refractivity contribution in [1.82, 2.24) is 14.9 Å². The van der Waals surface area contributed by atoms with E-state index in [2.05, 4.69) is 22.1 Å². The average molecular weight is 392 g/mol. The standard InChI is InChI=1S/C22H18ClN3O2/c23-17-3-4-20-15(11-17)10-16(13-28-20)22(27)26-8-5-14(6-9-26)19-12-25-21-18(19)2-1-7-24-21/h1-5,7,10-12H,6,8-9,13H2,(H,24,25). The summed E-state index contributed by atoms with van der Waals surface area (Å²) in [6, 6.07) is 9.46. The van der Waals surface area contributed by atoms with Crippen LogP contribution < -0.4 is 4.74 Å². The summed E-state index contributed by atoms with van der Waals surface area (Å²) in [5.41, 5.74) is 4.80. The third-order valence-corrected chi connectivity index (χ3v) is 5.49.